The summed E-state index contributed by atoms with van der Waals surface area (Å²) in [5.74, 6) is 1.52. The Morgan fingerprint density at radius 3 is 2.57 bits per heavy atom. The van der Waals surface area contributed by atoms with Gasteiger partial charge in [0.25, 0.3) is 0 Å². The lowest BCUT2D eigenvalue weighted by molar-refractivity contribution is 0.627. The Morgan fingerprint density at radius 1 is 0.929 bits per heavy atom. The van der Waals surface area contributed by atoms with Crippen LogP contribution < -0.4 is 5.32 Å². The molecule has 0 saturated carbocycles. The highest BCUT2D eigenvalue weighted by Gasteiger charge is 2.22. The molecule has 0 saturated heterocycles. The van der Waals surface area contributed by atoms with Gasteiger partial charge in [-0.05, 0) is 48.1 Å². The molecule has 3 nitrogen and oxygen atoms in total. The third kappa shape index (κ3) is 3.38. The first kappa shape index (κ1) is 17.3. The quantitative estimate of drug-likeness (QED) is 0.488. The van der Waals surface area contributed by atoms with Crippen LogP contribution in [0, 0.1) is 5.82 Å². The zero-order valence-corrected chi connectivity index (χ0v) is 16.2. The van der Waals surface area contributed by atoms with E-state index in [-0.39, 0.29) is 5.82 Å². The molecule has 0 amide bonds. The Labute approximate surface area is 167 Å². The number of hydrogen-bond acceptors (Lipinski definition) is 4. The van der Waals surface area contributed by atoms with Crippen molar-refractivity contribution in [1.82, 2.24) is 9.97 Å². The fourth-order valence-corrected chi connectivity index (χ4v) is 5.09. The number of halogens is 1. The summed E-state index contributed by atoms with van der Waals surface area (Å²) in [5.41, 5.74) is 3.65. The zero-order chi connectivity index (χ0) is 18.9. The van der Waals surface area contributed by atoms with Crippen molar-refractivity contribution in [3.05, 3.63) is 87.8 Å². The topological polar surface area (TPSA) is 37.8 Å². The van der Waals surface area contributed by atoms with Gasteiger partial charge in [0.1, 0.15) is 22.3 Å². The van der Waals surface area contributed by atoms with Gasteiger partial charge < -0.3 is 5.32 Å². The van der Waals surface area contributed by atoms with Gasteiger partial charge in [-0.2, -0.15) is 0 Å². The van der Waals surface area contributed by atoms with E-state index >= 15 is 0 Å². The Morgan fingerprint density at radius 2 is 1.75 bits per heavy atom. The zero-order valence-electron chi connectivity index (χ0n) is 15.4. The van der Waals surface area contributed by atoms with Gasteiger partial charge in [-0.15, -0.1) is 11.3 Å². The number of aromatic nitrogens is 2. The largest absolute Gasteiger partial charge is 0.365 e. The van der Waals surface area contributed by atoms with Crippen LogP contribution in [0.4, 0.5) is 10.2 Å². The molecule has 28 heavy (non-hydrogen) atoms. The van der Waals surface area contributed by atoms with Crippen LogP contribution in [0.3, 0.4) is 0 Å². The molecule has 1 N–H and O–H groups in total. The van der Waals surface area contributed by atoms with Crippen LogP contribution in [0.5, 0.6) is 0 Å². The minimum Gasteiger partial charge on any atom is -0.365 e. The minimum atomic E-state index is -0.214. The van der Waals surface area contributed by atoms with E-state index in [1.807, 2.05) is 41.7 Å². The van der Waals surface area contributed by atoms with E-state index in [1.54, 1.807) is 0 Å². The number of nitrogens with zero attached hydrogens (tertiary/aromatic N) is 2. The lowest BCUT2D eigenvalue weighted by Crippen LogP contribution is -2.06. The average molecular weight is 389 g/mol. The van der Waals surface area contributed by atoms with E-state index < -0.39 is 0 Å². The monoisotopic (exact) mass is 389 g/mol. The van der Waals surface area contributed by atoms with Crippen LogP contribution in [0.2, 0.25) is 0 Å². The van der Waals surface area contributed by atoms with Crippen molar-refractivity contribution in [2.75, 3.05) is 5.32 Å². The summed E-state index contributed by atoms with van der Waals surface area (Å²) < 4.78 is 13.2. The molecule has 0 atom stereocenters. The average Bonchev–Trinajstić information content (AvgIpc) is 3.29. The second-order valence-electron chi connectivity index (χ2n) is 7.17. The van der Waals surface area contributed by atoms with E-state index in [2.05, 4.69) is 17.4 Å². The van der Waals surface area contributed by atoms with Gasteiger partial charge in [0, 0.05) is 17.8 Å². The summed E-state index contributed by atoms with van der Waals surface area (Å²) in [6.45, 7) is 0.613. The fraction of sp³-hybridized carbons (Fsp3) is 0.217. The molecule has 0 radical (unpaired) electrons. The van der Waals surface area contributed by atoms with E-state index in [0.29, 0.717) is 13.0 Å². The summed E-state index contributed by atoms with van der Waals surface area (Å²) in [7, 11) is 0. The number of rotatable bonds is 5. The summed E-state index contributed by atoms with van der Waals surface area (Å²) >= 11 is 1.81. The fourth-order valence-electron chi connectivity index (χ4n) is 3.81. The van der Waals surface area contributed by atoms with E-state index in [0.717, 1.165) is 34.9 Å². The molecule has 0 unspecified atom stereocenters. The van der Waals surface area contributed by atoms with E-state index in [1.165, 1.54) is 39.9 Å². The van der Waals surface area contributed by atoms with Gasteiger partial charge in [-0.1, -0.05) is 42.5 Å². The van der Waals surface area contributed by atoms with Crippen LogP contribution in [0.1, 0.15) is 33.8 Å². The first-order valence-electron chi connectivity index (χ1n) is 9.60. The number of thiophene rings is 1. The maximum Gasteiger partial charge on any atom is 0.139 e. The molecule has 0 bridgehead atoms. The number of benzene rings is 2. The Bertz CT molecular complexity index is 1120. The second kappa shape index (κ2) is 7.32. The molecule has 5 heteroatoms. The summed E-state index contributed by atoms with van der Waals surface area (Å²) in [6, 6.07) is 16.9. The molecule has 1 aliphatic carbocycles. The SMILES string of the molecule is Fc1ccc(CNc2nc(Cc3ccccc3)nc3sc4c(c23)CCC4)cc1. The van der Waals surface area contributed by atoms with Crippen molar-refractivity contribution in [3.8, 4) is 0 Å². The standard InChI is InChI=1S/C23H20FN3S/c24-17-11-9-16(10-12-17)14-25-22-21-18-7-4-8-19(18)28-23(21)27-20(26-22)13-15-5-2-1-3-6-15/h1-3,5-6,9-12H,4,7-8,13-14H2,(H,25,26,27). The molecule has 2 aromatic carbocycles. The maximum absolute atomic E-state index is 13.2. The first-order chi connectivity index (χ1) is 13.8. The van der Waals surface area contributed by atoms with Crippen molar-refractivity contribution < 1.29 is 4.39 Å². The summed E-state index contributed by atoms with van der Waals surface area (Å²) in [5, 5.41) is 4.68. The van der Waals surface area contributed by atoms with Crippen LogP contribution in [-0.2, 0) is 25.8 Å². The van der Waals surface area contributed by atoms with Crippen LogP contribution in [0.25, 0.3) is 10.2 Å². The number of nitrogens with one attached hydrogen (secondary N) is 1. The van der Waals surface area contributed by atoms with Crippen molar-refractivity contribution in [1.29, 1.82) is 0 Å². The van der Waals surface area contributed by atoms with Crippen LogP contribution >= 0.6 is 11.3 Å². The number of hydrogen-bond donors (Lipinski definition) is 1. The van der Waals surface area contributed by atoms with Gasteiger partial charge in [0.05, 0.1) is 5.39 Å². The van der Waals surface area contributed by atoms with Gasteiger partial charge in [0.2, 0.25) is 0 Å². The highest BCUT2D eigenvalue weighted by atomic mass is 32.1. The molecule has 1 aliphatic rings. The van der Waals surface area contributed by atoms with E-state index in [4.69, 9.17) is 9.97 Å². The van der Waals surface area contributed by atoms with Gasteiger partial charge >= 0.3 is 0 Å². The molecule has 140 valence electrons. The summed E-state index contributed by atoms with van der Waals surface area (Å²) in [4.78, 5) is 12.3. The second-order valence-corrected chi connectivity index (χ2v) is 8.25. The van der Waals surface area contributed by atoms with Crippen molar-refractivity contribution >= 4 is 27.4 Å². The molecule has 2 aromatic heterocycles. The Hall–Kier alpha value is -2.79. The van der Waals surface area contributed by atoms with E-state index in [9.17, 15) is 4.39 Å². The first-order valence-corrected chi connectivity index (χ1v) is 10.4. The predicted octanol–water partition coefficient (Wildman–Crippen LogP) is 5.52. The maximum atomic E-state index is 13.2. The number of aryl methyl sites for hydroxylation is 2. The molecular formula is C23H20FN3S. The molecule has 4 aromatic rings. The number of anilines is 1. The molecule has 0 fully saturated rings. The molecule has 0 spiro atoms. The lowest BCUT2D eigenvalue weighted by atomic mass is 10.1. The van der Waals surface area contributed by atoms with Crippen molar-refractivity contribution in [2.24, 2.45) is 0 Å². The van der Waals surface area contributed by atoms with Crippen molar-refractivity contribution in [2.45, 2.75) is 32.2 Å². The number of fused-ring (bicyclic) bond motifs is 3. The third-order valence-corrected chi connectivity index (χ3v) is 6.37. The van der Waals surface area contributed by atoms with Crippen molar-refractivity contribution in [3.63, 3.8) is 0 Å². The highest BCUT2D eigenvalue weighted by Crippen LogP contribution is 2.39. The Balaban J connectivity index is 1.51. The molecular weight excluding hydrogens is 369 g/mol. The highest BCUT2D eigenvalue weighted by molar-refractivity contribution is 7.19. The van der Waals surface area contributed by atoms with Gasteiger partial charge in [-0.3, -0.25) is 0 Å². The Kier molecular flexibility index (Phi) is 4.53. The molecule has 5 rings (SSSR count). The lowest BCUT2D eigenvalue weighted by Gasteiger charge is -2.10. The third-order valence-electron chi connectivity index (χ3n) is 5.19. The molecule has 0 aliphatic heterocycles. The predicted molar refractivity (Wildman–Crippen MR) is 112 cm³/mol. The summed E-state index contributed by atoms with van der Waals surface area (Å²) in [6.07, 6.45) is 4.16. The van der Waals surface area contributed by atoms with Gasteiger partial charge in [-0.25, -0.2) is 14.4 Å². The smallest absolute Gasteiger partial charge is 0.139 e. The normalized spacial score (nSPS) is 13.0. The van der Waals surface area contributed by atoms with Crippen LogP contribution in [-0.4, -0.2) is 9.97 Å². The van der Waals surface area contributed by atoms with Gasteiger partial charge in [0.15, 0.2) is 0 Å². The van der Waals surface area contributed by atoms with Crippen LogP contribution in [0.15, 0.2) is 54.6 Å². The molecule has 2 heterocycles. The minimum absolute atomic E-state index is 0.214.